The molecule has 2 saturated carbocycles. The minimum atomic E-state index is -0.252. The van der Waals surface area contributed by atoms with Crippen LogP contribution in [0.2, 0.25) is 0 Å². The fraction of sp³-hybridized carbons (Fsp3) is 0.625. The van der Waals surface area contributed by atoms with Gasteiger partial charge in [0.05, 0.1) is 6.61 Å². The molecule has 2 aromatic carbocycles. The number of carbonyl (C=O) groups excluding carboxylic acids is 3. The molecule has 0 aromatic heterocycles. The highest BCUT2D eigenvalue weighted by Crippen LogP contribution is 2.32. The Labute approximate surface area is 294 Å². The molecule has 9 nitrogen and oxygen atoms in total. The number of benzene rings is 2. The van der Waals surface area contributed by atoms with Crippen molar-refractivity contribution < 1.29 is 33.7 Å². The van der Waals surface area contributed by atoms with Crippen molar-refractivity contribution in [3.63, 3.8) is 0 Å². The second-order valence-corrected chi connectivity index (χ2v) is 14.0. The van der Waals surface area contributed by atoms with Gasteiger partial charge in [0, 0.05) is 37.2 Å². The van der Waals surface area contributed by atoms with Gasteiger partial charge in [-0.15, -0.1) is 0 Å². The Hall–Kier alpha value is -3.59. The number of nitrogens with zero attached hydrogens (tertiary/aromatic N) is 2. The van der Waals surface area contributed by atoms with E-state index in [4.69, 9.17) is 19.3 Å². The molecule has 49 heavy (non-hydrogen) atoms. The van der Waals surface area contributed by atoms with Crippen molar-refractivity contribution in [1.82, 2.24) is 9.80 Å². The van der Waals surface area contributed by atoms with Crippen molar-refractivity contribution in [2.24, 2.45) is 11.8 Å². The number of ether oxygens (including phenoxy) is 3. The van der Waals surface area contributed by atoms with Crippen molar-refractivity contribution >= 4 is 18.2 Å². The van der Waals surface area contributed by atoms with E-state index in [-0.39, 0.29) is 48.9 Å². The van der Waals surface area contributed by atoms with Crippen LogP contribution in [0, 0.1) is 11.8 Å². The number of hydrogen-bond acceptors (Lipinski definition) is 7. The number of amides is 2. The van der Waals surface area contributed by atoms with Crippen LogP contribution in [0.4, 0.5) is 9.59 Å². The quantitative estimate of drug-likeness (QED) is 0.167. The number of hydrogen-bond donors (Lipinski definition) is 1. The van der Waals surface area contributed by atoms with Crippen molar-refractivity contribution in [2.45, 2.75) is 136 Å². The molecule has 4 rings (SSSR count). The van der Waals surface area contributed by atoms with Gasteiger partial charge in [-0.2, -0.15) is 0 Å². The summed E-state index contributed by atoms with van der Waals surface area (Å²) >= 11 is 0. The smallest absolute Gasteiger partial charge is 0.410 e. The van der Waals surface area contributed by atoms with Gasteiger partial charge < -0.3 is 29.1 Å². The van der Waals surface area contributed by atoms with Crippen LogP contribution in [-0.4, -0.2) is 70.4 Å². The van der Waals surface area contributed by atoms with Gasteiger partial charge in [-0.25, -0.2) is 9.59 Å². The largest absolute Gasteiger partial charge is 0.466 e. The Morgan fingerprint density at radius 3 is 1.43 bits per heavy atom. The minimum absolute atomic E-state index is 0.0879. The summed E-state index contributed by atoms with van der Waals surface area (Å²) in [6.07, 6.45) is 8.77. The van der Waals surface area contributed by atoms with Crippen LogP contribution in [0.5, 0.6) is 0 Å². The lowest BCUT2D eigenvalue weighted by Gasteiger charge is -2.38. The Morgan fingerprint density at radius 2 is 1.06 bits per heavy atom. The zero-order valence-electron chi connectivity index (χ0n) is 30.4. The topological polar surface area (TPSA) is 106 Å². The molecule has 2 aliphatic carbocycles. The van der Waals surface area contributed by atoms with Gasteiger partial charge in [0.2, 0.25) is 0 Å². The van der Waals surface area contributed by atoms with Crippen molar-refractivity contribution in [1.29, 1.82) is 0 Å². The van der Waals surface area contributed by atoms with E-state index in [0.29, 0.717) is 38.1 Å². The lowest BCUT2D eigenvalue weighted by atomic mass is 9.83. The molecule has 0 bridgehead atoms. The highest BCUT2D eigenvalue weighted by molar-refractivity contribution is 5.70. The average Bonchev–Trinajstić information content (AvgIpc) is 3.09. The molecule has 9 heteroatoms. The first-order valence-corrected chi connectivity index (χ1v) is 18.4. The van der Waals surface area contributed by atoms with Crippen LogP contribution in [0.25, 0.3) is 0 Å². The van der Waals surface area contributed by atoms with Gasteiger partial charge in [0.1, 0.15) is 13.2 Å². The molecule has 2 amide bonds. The molecule has 2 aromatic rings. The highest BCUT2D eigenvalue weighted by atomic mass is 16.6. The Morgan fingerprint density at radius 1 is 0.653 bits per heavy atom. The standard InChI is InChI=1S/C21H31NO4.C19H29NO3/c1-4-25-20(23)14-17-10-12-19(13-11-17)22(16(2)3)21(24)26-15-18-8-6-5-7-9-18;1-15(2)20(18-10-8-16(9-11-18)12-13-21)19(22)23-14-17-6-4-3-5-7-17/h5-9,16-17,19H,4,10-15H2,1-3H3;3-7,15-16,18,21H,8-14H2,1-2H3. The molecular formula is C40H60N2O7. The molecule has 0 atom stereocenters. The van der Waals surface area contributed by atoms with E-state index < -0.39 is 0 Å². The van der Waals surface area contributed by atoms with Gasteiger partial charge in [0.25, 0.3) is 0 Å². The Kier molecular flexibility index (Phi) is 17.5. The molecule has 1 N–H and O–H groups in total. The number of rotatable bonds is 13. The van der Waals surface area contributed by atoms with Gasteiger partial charge in [0.15, 0.2) is 0 Å². The number of carbonyl (C=O) groups is 3. The highest BCUT2D eigenvalue weighted by Gasteiger charge is 2.33. The third kappa shape index (κ3) is 13.7. The molecule has 0 unspecified atom stereocenters. The lowest BCUT2D eigenvalue weighted by molar-refractivity contribution is -0.144. The maximum atomic E-state index is 12.6. The van der Waals surface area contributed by atoms with Crippen molar-refractivity contribution in [3.8, 4) is 0 Å². The van der Waals surface area contributed by atoms with E-state index in [2.05, 4.69) is 0 Å². The molecular weight excluding hydrogens is 620 g/mol. The maximum Gasteiger partial charge on any atom is 0.410 e. The fourth-order valence-electron chi connectivity index (χ4n) is 7.13. The predicted octanol–water partition coefficient (Wildman–Crippen LogP) is 8.52. The minimum Gasteiger partial charge on any atom is -0.466 e. The van der Waals surface area contributed by atoms with E-state index in [1.807, 2.05) is 105 Å². The second kappa shape index (κ2) is 21.5. The summed E-state index contributed by atoms with van der Waals surface area (Å²) in [5.41, 5.74) is 2.00. The first-order chi connectivity index (χ1) is 23.6. The fourth-order valence-corrected chi connectivity index (χ4v) is 7.13. The van der Waals surface area contributed by atoms with Gasteiger partial charge in [-0.1, -0.05) is 60.7 Å². The SMILES string of the molecule is CC(C)N(C(=O)OCc1ccccc1)C1CCC(CCO)CC1.CCOC(=O)CC1CCC(N(C(=O)OCc2ccccc2)C(C)C)CC1. The molecule has 0 heterocycles. The van der Waals surface area contributed by atoms with Crippen LogP contribution >= 0.6 is 0 Å². The van der Waals surface area contributed by atoms with Crippen LogP contribution in [-0.2, 0) is 32.2 Å². The molecule has 272 valence electrons. The van der Waals surface area contributed by atoms with Crippen LogP contribution in [0.1, 0.15) is 110 Å². The van der Waals surface area contributed by atoms with Gasteiger partial charge in [-0.3, -0.25) is 4.79 Å². The van der Waals surface area contributed by atoms with Crippen LogP contribution in [0.15, 0.2) is 60.7 Å². The first kappa shape index (κ1) is 39.8. The molecule has 0 saturated heterocycles. The van der Waals surface area contributed by atoms with Crippen molar-refractivity contribution in [2.75, 3.05) is 13.2 Å². The zero-order valence-corrected chi connectivity index (χ0v) is 30.4. The summed E-state index contributed by atoms with van der Waals surface area (Å²) in [6.45, 7) is 11.3. The molecule has 2 fully saturated rings. The number of esters is 1. The number of aliphatic hydroxyl groups excluding tert-OH is 1. The summed E-state index contributed by atoms with van der Waals surface area (Å²) in [5.74, 6) is 0.851. The molecule has 0 radical (unpaired) electrons. The third-order valence-electron chi connectivity index (χ3n) is 9.66. The predicted molar refractivity (Wildman–Crippen MR) is 192 cm³/mol. The summed E-state index contributed by atoms with van der Waals surface area (Å²) in [4.78, 5) is 40.6. The normalized spacial score (nSPS) is 20.5. The van der Waals surface area contributed by atoms with Crippen molar-refractivity contribution in [3.05, 3.63) is 71.8 Å². The summed E-state index contributed by atoms with van der Waals surface area (Å²) in [5, 5.41) is 9.06. The van der Waals surface area contributed by atoms with E-state index in [0.717, 1.165) is 68.9 Å². The number of aliphatic hydroxyl groups is 1. The Balaban J connectivity index is 0.000000267. The van der Waals surface area contributed by atoms with E-state index >= 15 is 0 Å². The maximum absolute atomic E-state index is 12.6. The van der Waals surface area contributed by atoms with Crippen LogP contribution in [0.3, 0.4) is 0 Å². The summed E-state index contributed by atoms with van der Waals surface area (Å²) in [6, 6.07) is 20.2. The van der Waals surface area contributed by atoms with E-state index in [9.17, 15) is 14.4 Å². The monoisotopic (exact) mass is 680 g/mol. The van der Waals surface area contributed by atoms with Gasteiger partial charge in [-0.05, 0) is 115 Å². The average molecular weight is 681 g/mol. The Bertz CT molecular complexity index is 1220. The van der Waals surface area contributed by atoms with E-state index in [1.165, 1.54) is 0 Å². The molecule has 0 aliphatic heterocycles. The molecule has 2 aliphatic rings. The molecule has 0 spiro atoms. The summed E-state index contributed by atoms with van der Waals surface area (Å²) in [7, 11) is 0. The second-order valence-electron chi connectivity index (χ2n) is 14.0. The van der Waals surface area contributed by atoms with E-state index in [1.54, 1.807) is 0 Å². The zero-order chi connectivity index (χ0) is 35.6. The first-order valence-electron chi connectivity index (χ1n) is 18.4. The lowest BCUT2D eigenvalue weighted by Crippen LogP contribution is -2.46. The van der Waals surface area contributed by atoms with Gasteiger partial charge >= 0.3 is 18.2 Å². The summed E-state index contributed by atoms with van der Waals surface area (Å²) < 4.78 is 16.1. The van der Waals surface area contributed by atoms with Crippen LogP contribution < -0.4 is 0 Å². The third-order valence-corrected chi connectivity index (χ3v) is 9.66.